The average molecular weight is 194 g/mol. The van der Waals surface area contributed by atoms with Gasteiger partial charge in [0.05, 0.1) is 13.2 Å². The van der Waals surface area contributed by atoms with Gasteiger partial charge < -0.3 is 9.84 Å². The largest absolute Gasteiger partial charge is 0.496 e. The molecule has 0 unspecified atom stereocenters. The van der Waals surface area contributed by atoms with Crippen molar-refractivity contribution >= 4 is 0 Å². The van der Waals surface area contributed by atoms with Gasteiger partial charge >= 0.3 is 0 Å². The molecule has 0 heterocycles. The highest BCUT2D eigenvalue weighted by Gasteiger charge is 2.04. The maximum atomic E-state index is 9.19. The predicted octanol–water partition coefficient (Wildman–Crippen LogP) is 2.32. The summed E-state index contributed by atoms with van der Waals surface area (Å²) in [6.07, 6.45) is 1.39. The van der Waals surface area contributed by atoms with E-state index in [1.54, 1.807) is 14.0 Å². The van der Waals surface area contributed by atoms with Crippen LogP contribution in [-0.2, 0) is 6.42 Å². The Morgan fingerprint density at radius 1 is 1.43 bits per heavy atom. The van der Waals surface area contributed by atoms with Crippen LogP contribution in [-0.4, -0.2) is 18.3 Å². The van der Waals surface area contributed by atoms with Gasteiger partial charge in [0.25, 0.3) is 0 Å². The SMILES string of the molecule is COc1cc(C)ccc1CC[C@H](C)O. The zero-order valence-corrected chi connectivity index (χ0v) is 9.08. The molecule has 0 radical (unpaired) electrons. The van der Waals surface area contributed by atoms with Gasteiger partial charge in [-0.15, -0.1) is 0 Å². The third-order valence-electron chi connectivity index (χ3n) is 2.27. The first-order valence-electron chi connectivity index (χ1n) is 4.95. The lowest BCUT2D eigenvalue weighted by molar-refractivity contribution is 0.184. The topological polar surface area (TPSA) is 29.5 Å². The van der Waals surface area contributed by atoms with Gasteiger partial charge in [-0.3, -0.25) is 0 Å². The van der Waals surface area contributed by atoms with E-state index in [2.05, 4.69) is 12.1 Å². The lowest BCUT2D eigenvalue weighted by Gasteiger charge is -2.10. The van der Waals surface area contributed by atoms with Crippen molar-refractivity contribution in [3.8, 4) is 5.75 Å². The maximum absolute atomic E-state index is 9.19. The number of aliphatic hydroxyl groups is 1. The molecule has 1 N–H and O–H groups in total. The number of hydrogen-bond acceptors (Lipinski definition) is 2. The van der Waals surface area contributed by atoms with Gasteiger partial charge in [0.15, 0.2) is 0 Å². The Hall–Kier alpha value is -1.02. The number of aliphatic hydroxyl groups excluding tert-OH is 1. The highest BCUT2D eigenvalue weighted by molar-refractivity contribution is 5.37. The van der Waals surface area contributed by atoms with Gasteiger partial charge in [0, 0.05) is 0 Å². The van der Waals surface area contributed by atoms with Gasteiger partial charge in [-0.25, -0.2) is 0 Å². The number of aryl methyl sites for hydroxylation is 2. The second-order valence-electron chi connectivity index (χ2n) is 3.70. The Morgan fingerprint density at radius 2 is 2.14 bits per heavy atom. The van der Waals surface area contributed by atoms with E-state index in [-0.39, 0.29) is 6.10 Å². The van der Waals surface area contributed by atoms with E-state index in [0.717, 1.165) is 18.6 Å². The molecule has 1 aromatic carbocycles. The molecule has 0 aliphatic carbocycles. The lowest BCUT2D eigenvalue weighted by Crippen LogP contribution is -2.02. The van der Waals surface area contributed by atoms with Gasteiger partial charge in [0.2, 0.25) is 0 Å². The van der Waals surface area contributed by atoms with Crippen LogP contribution in [0.1, 0.15) is 24.5 Å². The van der Waals surface area contributed by atoms with E-state index in [9.17, 15) is 5.11 Å². The normalized spacial score (nSPS) is 12.6. The van der Waals surface area contributed by atoms with Crippen LogP contribution in [0.3, 0.4) is 0 Å². The monoisotopic (exact) mass is 194 g/mol. The van der Waals surface area contributed by atoms with Gasteiger partial charge in [0.1, 0.15) is 5.75 Å². The van der Waals surface area contributed by atoms with Crippen molar-refractivity contribution in [1.82, 2.24) is 0 Å². The number of rotatable bonds is 4. The van der Waals surface area contributed by atoms with Crippen LogP contribution in [0.25, 0.3) is 0 Å². The molecule has 78 valence electrons. The molecular weight excluding hydrogens is 176 g/mol. The Balaban J connectivity index is 2.75. The number of methoxy groups -OCH3 is 1. The molecule has 0 aliphatic heterocycles. The van der Waals surface area contributed by atoms with E-state index in [4.69, 9.17) is 4.74 Å². The van der Waals surface area contributed by atoms with Gasteiger partial charge in [-0.2, -0.15) is 0 Å². The zero-order valence-electron chi connectivity index (χ0n) is 9.08. The number of benzene rings is 1. The predicted molar refractivity (Wildman–Crippen MR) is 57.7 cm³/mol. The van der Waals surface area contributed by atoms with E-state index >= 15 is 0 Å². The summed E-state index contributed by atoms with van der Waals surface area (Å²) in [6.45, 7) is 3.85. The van der Waals surface area contributed by atoms with Crippen LogP contribution >= 0.6 is 0 Å². The van der Waals surface area contributed by atoms with Crippen molar-refractivity contribution in [2.45, 2.75) is 32.8 Å². The van der Waals surface area contributed by atoms with Crippen molar-refractivity contribution < 1.29 is 9.84 Å². The molecule has 0 amide bonds. The number of ether oxygens (including phenoxy) is 1. The third-order valence-corrected chi connectivity index (χ3v) is 2.27. The van der Waals surface area contributed by atoms with Crippen LogP contribution < -0.4 is 4.74 Å². The summed E-state index contributed by atoms with van der Waals surface area (Å²) in [4.78, 5) is 0. The zero-order chi connectivity index (χ0) is 10.6. The summed E-state index contributed by atoms with van der Waals surface area (Å²) >= 11 is 0. The fourth-order valence-corrected chi connectivity index (χ4v) is 1.42. The summed E-state index contributed by atoms with van der Waals surface area (Å²) in [5, 5.41) is 9.19. The maximum Gasteiger partial charge on any atom is 0.122 e. The van der Waals surface area contributed by atoms with Crippen molar-refractivity contribution in [3.63, 3.8) is 0 Å². The first-order chi connectivity index (χ1) is 6.63. The van der Waals surface area contributed by atoms with E-state index in [1.807, 2.05) is 13.0 Å². The van der Waals surface area contributed by atoms with Gasteiger partial charge in [-0.05, 0) is 43.9 Å². The minimum atomic E-state index is -0.249. The molecule has 1 aromatic rings. The quantitative estimate of drug-likeness (QED) is 0.797. The highest BCUT2D eigenvalue weighted by atomic mass is 16.5. The Labute approximate surface area is 85.5 Å². The second kappa shape index (κ2) is 5.01. The highest BCUT2D eigenvalue weighted by Crippen LogP contribution is 2.21. The van der Waals surface area contributed by atoms with Crippen molar-refractivity contribution in [2.75, 3.05) is 7.11 Å². The standard InChI is InChI=1S/C12H18O2/c1-9-4-6-11(7-5-10(2)13)12(8-9)14-3/h4,6,8,10,13H,5,7H2,1-3H3/t10-/m0/s1. The van der Waals surface area contributed by atoms with Crippen molar-refractivity contribution in [1.29, 1.82) is 0 Å². The molecule has 1 atom stereocenters. The summed E-state index contributed by atoms with van der Waals surface area (Å²) < 4.78 is 5.28. The molecule has 0 aliphatic rings. The Morgan fingerprint density at radius 3 is 2.71 bits per heavy atom. The minimum Gasteiger partial charge on any atom is -0.496 e. The first-order valence-corrected chi connectivity index (χ1v) is 4.95. The molecule has 1 rings (SSSR count). The van der Waals surface area contributed by atoms with Crippen LogP contribution in [0.4, 0.5) is 0 Å². The molecule has 0 saturated carbocycles. The molecule has 0 spiro atoms. The summed E-state index contributed by atoms with van der Waals surface area (Å²) in [5.41, 5.74) is 2.36. The average Bonchev–Trinajstić information content (AvgIpc) is 2.15. The molecule has 2 nitrogen and oxygen atoms in total. The summed E-state index contributed by atoms with van der Waals surface area (Å²) in [6, 6.07) is 6.16. The van der Waals surface area contributed by atoms with E-state index in [0.29, 0.717) is 0 Å². The fraction of sp³-hybridized carbons (Fsp3) is 0.500. The Kier molecular flexibility index (Phi) is 3.96. The van der Waals surface area contributed by atoms with Crippen molar-refractivity contribution in [2.24, 2.45) is 0 Å². The molecule has 0 bridgehead atoms. The summed E-state index contributed by atoms with van der Waals surface area (Å²) in [5.74, 6) is 0.922. The molecule has 0 saturated heterocycles. The van der Waals surface area contributed by atoms with E-state index in [1.165, 1.54) is 11.1 Å². The van der Waals surface area contributed by atoms with E-state index < -0.39 is 0 Å². The second-order valence-corrected chi connectivity index (χ2v) is 3.70. The summed E-state index contributed by atoms with van der Waals surface area (Å²) in [7, 11) is 1.68. The fourth-order valence-electron chi connectivity index (χ4n) is 1.42. The number of hydrogen-bond donors (Lipinski definition) is 1. The van der Waals surface area contributed by atoms with Crippen LogP contribution in [0, 0.1) is 6.92 Å². The lowest BCUT2D eigenvalue weighted by atomic mass is 10.0. The first kappa shape index (κ1) is 11.1. The van der Waals surface area contributed by atoms with Crippen LogP contribution in [0.15, 0.2) is 18.2 Å². The molecule has 14 heavy (non-hydrogen) atoms. The molecule has 0 aromatic heterocycles. The Bertz CT molecular complexity index is 292. The third kappa shape index (κ3) is 3.04. The van der Waals surface area contributed by atoms with Crippen molar-refractivity contribution in [3.05, 3.63) is 29.3 Å². The van der Waals surface area contributed by atoms with Gasteiger partial charge in [-0.1, -0.05) is 12.1 Å². The van der Waals surface area contributed by atoms with Crippen LogP contribution in [0.2, 0.25) is 0 Å². The van der Waals surface area contributed by atoms with Crippen LogP contribution in [0.5, 0.6) is 5.75 Å². The minimum absolute atomic E-state index is 0.249. The molecular formula is C12H18O2. The molecule has 2 heteroatoms. The smallest absolute Gasteiger partial charge is 0.122 e. The molecule has 0 fully saturated rings.